The number of hydrogen-bond acceptors (Lipinski definition) is 5. The molecule has 6 heteroatoms. The average Bonchev–Trinajstić information content (AvgIpc) is 2.39. The van der Waals surface area contributed by atoms with Gasteiger partial charge in [0.15, 0.2) is 0 Å². The summed E-state index contributed by atoms with van der Waals surface area (Å²) < 4.78 is 14.8. The molecule has 0 aliphatic rings. The zero-order valence-corrected chi connectivity index (χ0v) is 10.5. The van der Waals surface area contributed by atoms with Crippen LogP contribution in [0, 0.1) is 0 Å². The van der Waals surface area contributed by atoms with Crippen molar-refractivity contribution in [1.82, 2.24) is 0 Å². The molecule has 0 saturated carbocycles. The first-order chi connectivity index (χ1) is 8.63. The van der Waals surface area contributed by atoms with Crippen LogP contribution >= 0.6 is 0 Å². The minimum Gasteiger partial charge on any atom is -0.494 e. The Labute approximate surface area is 105 Å². The predicted octanol–water partition coefficient (Wildman–Crippen LogP) is 1.21. The van der Waals surface area contributed by atoms with Crippen molar-refractivity contribution >= 4 is 17.6 Å². The van der Waals surface area contributed by atoms with Gasteiger partial charge in [-0.3, -0.25) is 4.79 Å². The quantitative estimate of drug-likeness (QED) is 0.644. The fourth-order valence-electron chi connectivity index (χ4n) is 1.34. The molecular weight excluding hydrogens is 238 g/mol. The van der Waals surface area contributed by atoms with Crippen LogP contribution in [0.15, 0.2) is 18.2 Å². The molecule has 0 aliphatic heterocycles. The Balaban J connectivity index is 2.95. The molecule has 0 fully saturated rings. The molecule has 6 nitrogen and oxygen atoms in total. The van der Waals surface area contributed by atoms with Crippen molar-refractivity contribution in [2.45, 2.75) is 6.92 Å². The van der Waals surface area contributed by atoms with E-state index in [-0.39, 0.29) is 6.61 Å². The van der Waals surface area contributed by atoms with Crippen molar-refractivity contribution in [2.24, 2.45) is 0 Å². The van der Waals surface area contributed by atoms with E-state index in [0.717, 1.165) is 0 Å². The van der Waals surface area contributed by atoms with Crippen LogP contribution in [-0.4, -0.2) is 32.7 Å². The zero-order chi connectivity index (χ0) is 13.5. The maximum Gasteiger partial charge on any atom is 0.397 e. The van der Waals surface area contributed by atoms with Crippen LogP contribution in [0.2, 0.25) is 0 Å². The Morgan fingerprint density at radius 1 is 1.17 bits per heavy atom. The number of nitrogens with one attached hydrogen (secondary N) is 1. The van der Waals surface area contributed by atoms with Crippen molar-refractivity contribution in [3.63, 3.8) is 0 Å². The number of para-hydroxylation sites is 1. The lowest BCUT2D eigenvalue weighted by molar-refractivity contribution is -0.152. The molecule has 1 aromatic carbocycles. The van der Waals surface area contributed by atoms with Crippen molar-refractivity contribution < 1.29 is 23.8 Å². The largest absolute Gasteiger partial charge is 0.494 e. The van der Waals surface area contributed by atoms with Crippen molar-refractivity contribution in [3.8, 4) is 11.5 Å². The van der Waals surface area contributed by atoms with Crippen molar-refractivity contribution in [2.75, 3.05) is 26.1 Å². The summed E-state index contributed by atoms with van der Waals surface area (Å²) in [6.45, 7) is 1.75. The highest BCUT2D eigenvalue weighted by Crippen LogP contribution is 2.33. The molecule has 0 atom stereocenters. The number of esters is 1. The van der Waals surface area contributed by atoms with Gasteiger partial charge < -0.3 is 19.5 Å². The second-order valence-corrected chi connectivity index (χ2v) is 3.21. The molecule has 0 aliphatic carbocycles. The van der Waals surface area contributed by atoms with Gasteiger partial charge in [-0.2, -0.15) is 0 Å². The summed E-state index contributed by atoms with van der Waals surface area (Å²) in [5.74, 6) is -1.04. The summed E-state index contributed by atoms with van der Waals surface area (Å²) in [6.07, 6.45) is 0. The SMILES string of the molecule is CCOC(=O)C(=O)Nc1c(OC)cccc1OC. The number of carbonyl (C=O) groups is 2. The molecule has 0 saturated heterocycles. The number of hydrogen-bond donors (Lipinski definition) is 1. The third-order valence-corrected chi connectivity index (χ3v) is 2.13. The number of carbonyl (C=O) groups excluding carboxylic acids is 2. The van der Waals surface area contributed by atoms with Gasteiger partial charge in [-0.15, -0.1) is 0 Å². The maximum atomic E-state index is 11.5. The third-order valence-electron chi connectivity index (χ3n) is 2.13. The van der Waals surface area contributed by atoms with Crippen LogP contribution in [0.25, 0.3) is 0 Å². The smallest absolute Gasteiger partial charge is 0.397 e. The third kappa shape index (κ3) is 3.13. The van der Waals surface area contributed by atoms with Crippen molar-refractivity contribution in [3.05, 3.63) is 18.2 Å². The topological polar surface area (TPSA) is 73.9 Å². The molecule has 18 heavy (non-hydrogen) atoms. The fraction of sp³-hybridized carbons (Fsp3) is 0.333. The summed E-state index contributed by atoms with van der Waals surface area (Å²) in [5, 5.41) is 2.40. The Hall–Kier alpha value is -2.24. The molecule has 0 radical (unpaired) electrons. The summed E-state index contributed by atoms with van der Waals surface area (Å²) in [7, 11) is 2.91. The standard InChI is InChI=1S/C12H15NO5/c1-4-18-12(15)11(14)13-10-8(16-2)6-5-7-9(10)17-3/h5-7H,4H2,1-3H3,(H,13,14). The van der Waals surface area contributed by atoms with E-state index in [1.165, 1.54) is 14.2 Å². The summed E-state index contributed by atoms with van der Waals surface area (Å²) in [4.78, 5) is 22.8. The second-order valence-electron chi connectivity index (χ2n) is 3.21. The van der Waals surface area contributed by atoms with Gasteiger partial charge in [0.05, 0.1) is 20.8 Å². The summed E-state index contributed by atoms with van der Waals surface area (Å²) in [5.41, 5.74) is 0.292. The molecule has 1 rings (SSSR count). The van der Waals surface area contributed by atoms with Crippen LogP contribution < -0.4 is 14.8 Å². The van der Waals surface area contributed by atoms with Gasteiger partial charge >= 0.3 is 11.9 Å². The van der Waals surface area contributed by atoms with E-state index in [1.54, 1.807) is 25.1 Å². The molecule has 0 heterocycles. The lowest BCUT2D eigenvalue weighted by Crippen LogP contribution is -2.25. The van der Waals surface area contributed by atoms with E-state index >= 15 is 0 Å². The highest BCUT2D eigenvalue weighted by atomic mass is 16.5. The van der Waals surface area contributed by atoms with E-state index < -0.39 is 11.9 Å². The molecular formula is C12H15NO5. The Morgan fingerprint density at radius 2 is 1.72 bits per heavy atom. The monoisotopic (exact) mass is 253 g/mol. The van der Waals surface area contributed by atoms with Gasteiger partial charge in [-0.1, -0.05) is 6.07 Å². The number of ether oxygens (including phenoxy) is 3. The Kier molecular flexibility index (Phi) is 4.98. The van der Waals surface area contributed by atoms with Crippen LogP contribution in [0.1, 0.15) is 6.92 Å². The lowest BCUT2D eigenvalue weighted by atomic mass is 10.2. The summed E-state index contributed by atoms with van der Waals surface area (Å²) >= 11 is 0. The number of amides is 1. The number of rotatable bonds is 4. The minimum atomic E-state index is -0.953. The molecule has 1 aromatic rings. The highest BCUT2D eigenvalue weighted by Gasteiger charge is 2.19. The number of methoxy groups -OCH3 is 2. The normalized spacial score (nSPS) is 9.50. The van der Waals surface area contributed by atoms with Gasteiger partial charge in [-0.05, 0) is 19.1 Å². The number of benzene rings is 1. The second kappa shape index (κ2) is 6.48. The van der Waals surface area contributed by atoms with Crippen LogP contribution in [0.5, 0.6) is 11.5 Å². The molecule has 0 spiro atoms. The average molecular weight is 253 g/mol. The van der Waals surface area contributed by atoms with Gasteiger partial charge in [-0.25, -0.2) is 4.79 Å². The van der Waals surface area contributed by atoms with Gasteiger partial charge in [0.2, 0.25) is 0 Å². The molecule has 1 N–H and O–H groups in total. The zero-order valence-electron chi connectivity index (χ0n) is 10.5. The van der Waals surface area contributed by atoms with Crippen molar-refractivity contribution in [1.29, 1.82) is 0 Å². The van der Waals surface area contributed by atoms with Gasteiger partial charge in [0, 0.05) is 0 Å². The molecule has 0 bridgehead atoms. The minimum absolute atomic E-state index is 0.134. The van der Waals surface area contributed by atoms with Crippen LogP contribution in [-0.2, 0) is 14.3 Å². The first-order valence-corrected chi connectivity index (χ1v) is 5.33. The van der Waals surface area contributed by atoms with Gasteiger partial charge in [0.1, 0.15) is 17.2 Å². The fourth-order valence-corrected chi connectivity index (χ4v) is 1.34. The molecule has 0 unspecified atom stereocenters. The van der Waals surface area contributed by atoms with E-state index in [0.29, 0.717) is 17.2 Å². The highest BCUT2D eigenvalue weighted by molar-refractivity contribution is 6.37. The van der Waals surface area contributed by atoms with E-state index in [1.807, 2.05) is 0 Å². The van der Waals surface area contributed by atoms with Crippen LogP contribution in [0.4, 0.5) is 5.69 Å². The summed E-state index contributed by atoms with van der Waals surface area (Å²) in [6, 6.07) is 4.99. The first-order valence-electron chi connectivity index (χ1n) is 5.33. The van der Waals surface area contributed by atoms with E-state index in [4.69, 9.17) is 9.47 Å². The Bertz CT molecular complexity index is 422. The van der Waals surface area contributed by atoms with E-state index in [9.17, 15) is 9.59 Å². The van der Waals surface area contributed by atoms with Crippen LogP contribution in [0.3, 0.4) is 0 Å². The predicted molar refractivity (Wildman–Crippen MR) is 64.8 cm³/mol. The molecule has 0 aromatic heterocycles. The van der Waals surface area contributed by atoms with Gasteiger partial charge in [0.25, 0.3) is 0 Å². The number of anilines is 1. The molecule has 98 valence electrons. The van der Waals surface area contributed by atoms with E-state index in [2.05, 4.69) is 10.1 Å². The lowest BCUT2D eigenvalue weighted by Gasteiger charge is -2.13. The Morgan fingerprint density at radius 3 is 2.17 bits per heavy atom. The first kappa shape index (κ1) is 13.8. The molecule has 1 amide bonds. The maximum absolute atomic E-state index is 11.5.